The molecule has 1 aliphatic rings. The number of hydrogen-bond donors (Lipinski definition) is 1. The lowest BCUT2D eigenvalue weighted by Crippen LogP contribution is -2.40. The van der Waals surface area contributed by atoms with Crippen LogP contribution in [0.5, 0.6) is 5.75 Å². The van der Waals surface area contributed by atoms with Crippen LogP contribution in [-0.4, -0.2) is 52.3 Å². The first-order valence-electron chi connectivity index (χ1n) is 11.5. The Morgan fingerprint density at radius 2 is 1.97 bits per heavy atom. The third-order valence-corrected chi connectivity index (χ3v) is 6.18. The third kappa shape index (κ3) is 5.99. The number of rotatable bonds is 7. The predicted octanol–water partition coefficient (Wildman–Crippen LogP) is 3.85. The van der Waals surface area contributed by atoms with Crippen LogP contribution < -0.4 is 10.1 Å². The number of piperidine rings is 1. The topological polar surface area (TPSA) is 72.3 Å². The lowest BCUT2D eigenvalue weighted by atomic mass is 9.92. The second kappa shape index (κ2) is 10.2. The highest BCUT2D eigenvalue weighted by Gasteiger charge is 2.24. The van der Waals surface area contributed by atoms with Crippen LogP contribution in [0.1, 0.15) is 47.0 Å². The molecule has 3 heterocycles. The van der Waals surface area contributed by atoms with Crippen LogP contribution in [0.2, 0.25) is 0 Å². The largest absolute Gasteiger partial charge is 0.497 e. The van der Waals surface area contributed by atoms with Gasteiger partial charge in [0.2, 0.25) is 5.91 Å². The zero-order chi connectivity index (χ0) is 23.4. The summed E-state index contributed by atoms with van der Waals surface area (Å²) in [5.74, 6) is 1.21. The molecule has 1 N–H and O–H groups in total. The molecule has 1 atom stereocenters. The van der Waals surface area contributed by atoms with Crippen molar-refractivity contribution in [2.24, 2.45) is 7.05 Å². The van der Waals surface area contributed by atoms with E-state index in [4.69, 9.17) is 9.72 Å². The van der Waals surface area contributed by atoms with Crippen LogP contribution in [0, 0.1) is 13.8 Å². The summed E-state index contributed by atoms with van der Waals surface area (Å²) in [6.07, 6.45) is 4.86. The Kier molecular flexibility index (Phi) is 7.08. The van der Waals surface area contributed by atoms with Crippen LogP contribution in [0.25, 0.3) is 0 Å². The zero-order valence-corrected chi connectivity index (χ0v) is 20.0. The van der Waals surface area contributed by atoms with E-state index in [-0.39, 0.29) is 5.91 Å². The van der Waals surface area contributed by atoms with Gasteiger partial charge in [-0.05, 0) is 75.0 Å². The Bertz CT molecular complexity index is 1110. The fourth-order valence-electron chi connectivity index (χ4n) is 4.61. The molecule has 33 heavy (non-hydrogen) atoms. The molecular weight excluding hydrogens is 414 g/mol. The number of anilines is 1. The molecule has 1 aliphatic heterocycles. The van der Waals surface area contributed by atoms with Crippen LogP contribution in [0.4, 0.5) is 5.69 Å². The van der Waals surface area contributed by atoms with Crippen molar-refractivity contribution in [2.45, 2.75) is 39.0 Å². The summed E-state index contributed by atoms with van der Waals surface area (Å²) in [5.41, 5.74) is 6.30. The number of carbonyl (C=O) groups excluding carboxylic acids is 1. The number of hydrogen-bond acceptors (Lipinski definition) is 5. The average molecular weight is 448 g/mol. The Balaban J connectivity index is 1.40. The maximum atomic E-state index is 12.6. The first-order chi connectivity index (χ1) is 15.9. The Morgan fingerprint density at radius 1 is 1.18 bits per heavy atom. The molecular formula is C26H33N5O2. The Morgan fingerprint density at radius 3 is 2.67 bits per heavy atom. The quantitative estimate of drug-likeness (QED) is 0.596. The van der Waals surface area contributed by atoms with Gasteiger partial charge in [0.25, 0.3) is 0 Å². The number of nitrogens with one attached hydrogen (secondary N) is 1. The molecule has 2 aromatic heterocycles. The molecule has 0 radical (unpaired) electrons. The van der Waals surface area contributed by atoms with E-state index in [0.29, 0.717) is 12.5 Å². The number of nitrogens with zero attached hydrogens (tertiary/aromatic N) is 4. The normalized spacial score (nSPS) is 16.5. The SMILES string of the molecule is COc1ccc(Cc2cc(C)nc([C@H]3CCCN(CC(=O)Nc4cn(C)nc4C)C3)c2)cc1. The van der Waals surface area contributed by atoms with E-state index in [1.54, 1.807) is 11.8 Å². The Hall–Kier alpha value is -3.19. The summed E-state index contributed by atoms with van der Waals surface area (Å²) >= 11 is 0. The molecule has 4 rings (SSSR count). The number of carbonyl (C=O) groups is 1. The van der Waals surface area contributed by atoms with Gasteiger partial charge in [-0.2, -0.15) is 5.10 Å². The van der Waals surface area contributed by atoms with Gasteiger partial charge < -0.3 is 10.1 Å². The number of aryl methyl sites for hydroxylation is 3. The van der Waals surface area contributed by atoms with Gasteiger partial charge in [-0.15, -0.1) is 0 Å². The minimum Gasteiger partial charge on any atom is -0.497 e. The summed E-state index contributed by atoms with van der Waals surface area (Å²) in [6.45, 7) is 6.12. The van der Waals surface area contributed by atoms with Gasteiger partial charge in [-0.1, -0.05) is 12.1 Å². The van der Waals surface area contributed by atoms with E-state index >= 15 is 0 Å². The van der Waals surface area contributed by atoms with Crippen molar-refractivity contribution in [1.29, 1.82) is 0 Å². The predicted molar refractivity (Wildman–Crippen MR) is 130 cm³/mol. The lowest BCUT2D eigenvalue weighted by molar-refractivity contribution is -0.117. The molecule has 1 saturated heterocycles. The van der Waals surface area contributed by atoms with Crippen molar-refractivity contribution in [1.82, 2.24) is 19.7 Å². The molecule has 0 aliphatic carbocycles. The first kappa shape index (κ1) is 23.0. The molecule has 7 nitrogen and oxygen atoms in total. The molecule has 1 aromatic carbocycles. The molecule has 174 valence electrons. The van der Waals surface area contributed by atoms with Crippen molar-refractivity contribution >= 4 is 11.6 Å². The minimum atomic E-state index is 0.00384. The molecule has 0 spiro atoms. The standard InChI is InChI=1S/C26H33N5O2/c1-18-12-21(13-20-7-9-23(33-4)10-8-20)14-24(27-18)22-6-5-11-31(15-22)17-26(32)28-25-16-30(3)29-19(25)2/h7-10,12,14,16,22H,5-6,11,13,15,17H2,1-4H3,(H,28,32)/t22-/m0/s1. The fourth-order valence-corrected chi connectivity index (χ4v) is 4.61. The third-order valence-electron chi connectivity index (χ3n) is 6.18. The smallest absolute Gasteiger partial charge is 0.238 e. The maximum Gasteiger partial charge on any atom is 0.238 e. The van der Waals surface area contributed by atoms with Gasteiger partial charge in [0, 0.05) is 37.1 Å². The van der Waals surface area contributed by atoms with Gasteiger partial charge in [0.15, 0.2) is 0 Å². The number of benzene rings is 1. The second-order valence-electron chi connectivity index (χ2n) is 8.99. The molecule has 1 fully saturated rings. The minimum absolute atomic E-state index is 0.00384. The van der Waals surface area contributed by atoms with Crippen molar-refractivity contribution in [3.63, 3.8) is 0 Å². The highest BCUT2D eigenvalue weighted by Crippen LogP contribution is 2.27. The van der Waals surface area contributed by atoms with E-state index in [1.165, 1.54) is 11.1 Å². The summed E-state index contributed by atoms with van der Waals surface area (Å²) in [6, 6.07) is 12.6. The highest BCUT2D eigenvalue weighted by molar-refractivity contribution is 5.92. The number of aromatic nitrogens is 3. The maximum absolute atomic E-state index is 12.6. The van der Waals surface area contributed by atoms with E-state index in [1.807, 2.05) is 32.3 Å². The highest BCUT2D eigenvalue weighted by atomic mass is 16.5. The van der Waals surface area contributed by atoms with Gasteiger partial charge >= 0.3 is 0 Å². The molecule has 3 aromatic rings. The van der Waals surface area contributed by atoms with Crippen molar-refractivity contribution in [3.8, 4) is 5.75 Å². The van der Waals surface area contributed by atoms with Crippen LogP contribution in [0.3, 0.4) is 0 Å². The van der Waals surface area contributed by atoms with Crippen LogP contribution in [-0.2, 0) is 18.3 Å². The van der Waals surface area contributed by atoms with Crippen molar-refractivity contribution in [3.05, 3.63) is 70.8 Å². The number of ether oxygens (including phenoxy) is 1. The summed E-state index contributed by atoms with van der Waals surface area (Å²) in [4.78, 5) is 19.7. The van der Waals surface area contributed by atoms with Gasteiger partial charge in [-0.25, -0.2) is 0 Å². The van der Waals surface area contributed by atoms with Gasteiger partial charge in [0.1, 0.15) is 5.75 Å². The summed E-state index contributed by atoms with van der Waals surface area (Å²) in [7, 11) is 3.54. The lowest BCUT2D eigenvalue weighted by Gasteiger charge is -2.32. The van der Waals surface area contributed by atoms with Crippen LogP contribution >= 0.6 is 0 Å². The molecule has 0 unspecified atom stereocenters. The monoisotopic (exact) mass is 447 g/mol. The zero-order valence-electron chi connectivity index (χ0n) is 20.0. The van der Waals surface area contributed by atoms with E-state index in [2.05, 4.69) is 46.5 Å². The molecule has 7 heteroatoms. The van der Waals surface area contributed by atoms with Crippen molar-refractivity contribution < 1.29 is 9.53 Å². The van der Waals surface area contributed by atoms with Crippen LogP contribution in [0.15, 0.2) is 42.6 Å². The number of methoxy groups -OCH3 is 1. The molecule has 0 bridgehead atoms. The summed E-state index contributed by atoms with van der Waals surface area (Å²) in [5, 5.41) is 7.29. The average Bonchev–Trinajstić information content (AvgIpc) is 3.10. The second-order valence-corrected chi connectivity index (χ2v) is 8.99. The molecule has 1 amide bonds. The van der Waals surface area contributed by atoms with E-state index < -0.39 is 0 Å². The van der Waals surface area contributed by atoms with Gasteiger partial charge in [0.05, 0.1) is 25.0 Å². The van der Waals surface area contributed by atoms with E-state index in [0.717, 1.165) is 60.9 Å². The number of amides is 1. The summed E-state index contributed by atoms with van der Waals surface area (Å²) < 4.78 is 6.98. The van der Waals surface area contributed by atoms with Crippen molar-refractivity contribution in [2.75, 3.05) is 32.1 Å². The number of pyridine rings is 1. The van der Waals surface area contributed by atoms with Gasteiger partial charge in [-0.3, -0.25) is 19.4 Å². The number of likely N-dealkylation sites (tertiary alicyclic amines) is 1. The Labute approximate surface area is 195 Å². The fraction of sp³-hybridized carbons (Fsp3) is 0.423. The first-order valence-corrected chi connectivity index (χ1v) is 11.5. The molecule has 0 saturated carbocycles. The van der Waals surface area contributed by atoms with E-state index in [9.17, 15) is 4.79 Å².